The fourth-order valence-electron chi connectivity index (χ4n) is 1.40. The molecule has 0 fully saturated rings. The van der Waals surface area contributed by atoms with Crippen molar-refractivity contribution in [2.24, 2.45) is 4.99 Å². The first-order valence-corrected chi connectivity index (χ1v) is 4.37. The highest BCUT2D eigenvalue weighted by Gasteiger charge is 2.02. The summed E-state index contributed by atoms with van der Waals surface area (Å²) in [7, 11) is 0. The van der Waals surface area contributed by atoms with Crippen LogP contribution in [-0.2, 0) is 0 Å². The molecule has 1 N–H and O–H groups in total. The number of benzene rings is 1. The highest BCUT2D eigenvalue weighted by molar-refractivity contribution is 5.74. The number of aryl methyl sites for hydroxylation is 1. The van der Waals surface area contributed by atoms with E-state index in [1.54, 1.807) is 6.34 Å². The van der Waals surface area contributed by atoms with Gasteiger partial charge in [0.05, 0.1) is 12.9 Å². The summed E-state index contributed by atoms with van der Waals surface area (Å²) in [6.45, 7) is 2.88. The molecule has 1 aliphatic heterocycles. The van der Waals surface area contributed by atoms with Crippen molar-refractivity contribution in [2.75, 3.05) is 6.54 Å². The van der Waals surface area contributed by atoms with Crippen molar-refractivity contribution >= 4 is 11.9 Å². The van der Waals surface area contributed by atoms with Crippen LogP contribution in [0.3, 0.4) is 0 Å². The second-order valence-corrected chi connectivity index (χ2v) is 3.18. The van der Waals surface area contributed by atoms with Crippen LogP contribution in [0.15, 0.2) is 35.5 Å². The molecule has 0 atom stereocenters. The lowest BCUT2D eigenvalue weighted by Gasteiger charge is -2.09. The molecular formula is C11H12N2. The summed E-state index contributed by atoms with van der Waals surface area (Å²) in [4.78, 5) is 4.16. The van der Waals surface area contributed by atoms with Crippen LogP contribution in [0.5, 0.6) is 0 Å². The van der Waals surface area contributed by atoms with Gasteiger partial charge >= 0.3 is 0 Å². The predicted octanol–water partition coefficient (Wildman–Crippen LogP) is 1.97. The fourth-order valence-corrected chi connectivity index (χ4v) is 1.40. The lowest BCUT2D eigenvalue weighted by molar-refractivity contribution is 1.15. The Hall–Kier alpha value is -1.57. The molecule has 2 heteroatoms. The highest BCUT2D eigenvalue weighted by Crippen LogP contribution is 2.16. The number of hydrogen-bond acceptors (Lipinski definition) is 2. The van der Waals surface area contributed by atoms with E-state index in [9.17, 15) is 0 Å². The number of nitrogens with one attached hydrogen (secondary N) is 1. The zero-order valence-electron chi connectivity index (χ0n) is 7.62. The molecule has 2 rings (SSSR count). The van der Waals surface area contributed by atoms with Crippen LogP contribution in [0.4, 0.5) is 0 Å². The van der Waals surface area contributed by atoms with E-state index in [2.05, 4.69) is 41.5 Å². The van der Waals surface area contributed by atoms with Crippen molar-refractivity contribution < 1.29 is 0 Å². The molecule has 2 nitrogen and oxygen atoms in total. The molecule has 0 unspecified atom stereocenters. The standard InChI is InChI=1S/C11H12N2/c1-9-3-2-4-10(5-9)11-6-12-8-13-7-11/h2-6,8H,7H2,1H3,(H,12,13). The minimum atomic E-state index is 0.774. The molecule has 1 aromatic rings. The monoisotopic (exact) mass is 172 g/mol. The van der Waals surface area contributed by atoms with Crippen LogP contribution in [0.1, 0.15) is 11.1 Å². The molecule has 1 aromatic carbocycles. The normalized spacial score (nSPS) is 15.0. The Kier molecular flexibility index (Phi) is 2.13. The molecule has 1 heterocycles. The predicted molar refractivity (Wildman–Crippen MR) is 55.7 cm³/mol. The van der Waals surface area contributed by atoms with Gasteiger partial charge in [0.25, 0.3) is 0 Å². The van der Waals surface area contributed by atoms with Crippen molar-refractivity contribution in [2.45, 2.75) is 6.92 Å². The number of nitrogens with zero attached hydrogens (tertiary/aromatic N) is 1. The van der Waals surface area contributed by atoms with Gasteiger partial charge < -0.3 is 5.32 Å². The first kappa shape index (κ1) is 8.05. The first-order valence-electron chi connectivity index (χ1n) is 4.37. The van der Waals surface area contributed by atoms with Crippen LogP contribution in [0.2, 0.25) is 0 Å². The van der Waals surface area contributed by atoms with Gasteiger partial charge in [-0.1, -0.05) is 29.8 Å². The maximum atomic E-state index is 4.16. The Bertz CT molecular complexity index is 364. The molecule has 0 saturated carbocycles. The summed E-state index contributed by atoms with van der Waals surface area (Å²) in [6.07, 6.45) is 3.72. The van der Waals surface area contributed by atoms with Gasteiger partial charge in [-0.05, 0) is 18.1 Å². The van der Waals surface area contributed by atoms with Gasteiger partial charge in [0.1, 0.15) is 0 Å². The molecule has 0 radical (unpaired) electrons. The summed E-state index contributed by atoms with van der Waals surface area (Å²) < 4.78 is 0. The van der Waals surface area contributed by atoms with Crippen LogP contribution < -0.4 is 5.32 Å². The average molecular weight is 172 g/mol. The van der Waals surface area contributed by atoms with Crippen LogP contribution >= 0.6 is 0 Å². The minimum absolute atomic E-state index is 0.774. The topological polar surface area (TPSA) is 24.4 Å². The molecule has 0 amide bonds. The van der Waals surface area contributed by atoms with E-state index in [1.807, 2.05) is 6.20 Å². The van der Waals surface area contributed by atoms with Gasteiger partial charge in [0, 0.05) is 6.20 Å². The van der Waals surface area contributed by atoms with Crippen LogP contribution in [0, 0.1) is 6.92 Å². The van der Waals surface area contributed by atoms with E-state index in [1.165, 1.54) is 16.7 Å². The molecular weight excluding hydrogens is 160 g/mol. The Morgan fingerprint density at radius 3 is 3.00 bits per heavy atom. The molecule has 0 aliphatic carbocycles. The maximum absolute atomic E-state index is 4.16. The molecule has 0 bridgehead atoms. The second-order valence-electron chi connectivity index (χ2n) is 3.18. The van der Waals surface area contributed by atoms with Crippen molar-refractivity contribution in [3.05, 3.63) is 41.6 Å². The summed E-state index contributed by atoms with van der Waals surface area (Å²) in [5, 5.41) is 3.00. The molecule has 0 spiro atoms. The third-order valence-electron chi connectivity index (χ3n) is 2.07. The molecule has 66 valence electrons. The first-order chi connectivity index (χ1) is 6.36. The van der Waals surface area contributed by atoms with Gasteiger partial charge in [-0.2, -0.15) is 0 Å². The summed E-state index contributed by atoms with van der Waals surface area (Å²) >= 11 is 0. The van der Waals surface area contributed by atoms with Gasteiger partial charge in [0.15, 0.2) is 0 Å². The van der Waals surface area contributed by atoms with E-state index >= 15 is 0 Å². The van der Waals surface area contributed by atoms with E-state index < -0.39 is 0 Å². The van der Waals surface area contributed by atoms with Gasteiger partial charge in [-0.25, -0.2) is 0 Å². The molecule has 1 aliphatic rings. The third kappa shape index (κ3) is 1.78. The third-order valence-corrected chi connectivity index (χ3v) is 2.07. The highest BCUT2D eigenvalue weighted by atomic mass is 14.9. The lowest BCUT2D eigenvalue weighted by atomic mass is 10.0. The average Bonchev–Trinajstić information content (AvgIpc) is 2.19. The van der Waals surface area contributed by atoms with Crippen LogP contribution in [0.25, 0.3) is 5.57 Å². The smallest absolute Gasteiger partial charge is 0.0867 e. The van der Waals surface area contributed by atoms with E-state index in [-0.39, 0.29) is 0 Å². The van der Waals surface area contributed by atoms with Gasteiger partial charge in [-0.3, -0.25) is 4.99 Å². The Morgan fingerprint density at radius 2 is 2.31 bits per heavy atom. The Balaban J connectivity index is 2.30. The van der Waals surface area contributed by atoms with Gasteiger partial charge in [0.2, 0.25) is 0 Å². The van der Waals surface area contributed by atoms with Crippen molar-refractivity contribution in [1.82, 2.24) is 5.32 Å². The summed E-state index contributed by atoms with van der Waals surface area (Å²) in [6, 6.07) is 8.46. The Labute approximate surface area is 78.0 Å². The van der Waals surface area contributed by atoms with E-state index in [0.29, 0.717) is 0 Å². The van der Waals surface area contributed by atoms with Crippen molar-refractivity contribution in [3.8, 4) is 0 Å². The van der Waals surface area contributed by atoms with Crippen molar-refractivity contribution in [1.29, 1.82) is 0 Å². The largest absolute Gasteiger partial charge is 0.353 e. The minimum Gasteiger partial charge on any atom is -0.353 e. The zero-order valence-corrected chi connectivity index (χ0v) is 7.62. The second kappa shape index (κ2) is 3.44. The SMILES string of the molecule is Cc1cccc(C2=CNC=NC2)c1. The maximum Gasteiger partial charge on any atom is 0.0867 e. The molecule has 13 heavy (non-hydrogen) atoms. The summed E-state index contributed by atoms with van der Waals surface area (Å²) in [5.41, 5.74) is 3.78. The molecule has 0 aromatic heterocycles. The number of rotatable bonds is 1. The fraction of sp³-hybridized carbons (Fsp3) is 0.182. The van der Waals surface area contributed by atoms with E-state index in [4.69, 9.17) is 0 Å². The van der Waals surface area contributed by atoms with Gasteiger partial charge in [-0.15, -0.1) is 0 Å². The number of aliphatic imine (C=N–C) groups is 1. The quantitative estimate of drug-likeness (QED) is 0.688. The van der Waals surface area contributed by atoms with Crippen LogP contribution in [-0.4, -0.2) is 12.9 Å². The van der Waals surface area contributed by atoms with E-state index in [0.717, 1.165) is 6.54 Å². The molecule has 0 saturated heterocycles. The van der Waals surface area contributed by atoms with Crippen molar-refractivity contribution in [3.63, 3.8) is 0 Å². The number of hydrogen-bond donors (Lipinski definition) is 1. The summed E-state index contributed by atoms with van der Waals surface area (Å²) in [5.74, 6) is 0. The zero-order chi connectivity index (χ0) is 9.10. The lowest BCUT2D eigenvalue weighted by Crippen LogP contribution is -2.09. The Morgan fingerprint density at radius 1 is 1.38 bits per heavy atom.